The molecule has 3 nitrogen and oxygen atoms in total. The van der Waals surface area contributed by atoms with Gasteiger partial charge in [0.15, 0.2) is 11.6 Å². The Morgan fingerprint density at radius 3 is 2.50 bits per heavy atom. The van der Waals surface area contributed by atoms with Crippen LogP contribution in [0.3, 0.4) is 0 Å². The Labute approximate surface area is 118 Å². The summed E-state index contributed by atoms with van der Waals surface area (Å²) >= 11 is 5.57. The second-order valence-electron chi connectivity index (χ2n) is 3.79. The first-order chi connectivity index (χ1) is 9.52. The fourth-order valence-electron chi connectivity index (χ4n) is 1.54. The van der Waals surface area contributed by atoms with E-state index in [1.165, 1.54) is 19.2 Å². The topological polar surface area (TPSA) is 35.5 Å². The smallest absolute Gasteiger partial charge is 0.341 e. The molecule has 2 aromatic rings. The van der Waals surface area contributed by atoms with Gasteiger partial charge in [-0.15, -0.1) is 0 Å². The first-order valence-corrected chi connectivity index (χ1v) is 5.90. The lowest BCUT2D eigenvalue weighted by atomic mass is 10.2. The van der Waals surface area contributed by atoms with E-state index in [-0.39, 0.29) is 22.1 Å². The van der Waals surface area contributed by atoms with Crippen molar-refractivity contribution in [2.45, 2.75) is 0 Å². The van der Waals surface area contributed by atoms with E-state index in [1.807, 2.05) is 0 Å². The molecule has 20 heavy (non-hydrogen) atoms. The van der Waals surface area contributed by atoms with Gasteiger partial charge < -0.3 is 9.47 Å². The number of para-hydroxylation sites is 1. The van der Waals surface area contributed by atoms with Crippen LogP contribution >= 0.6 is 11.6 Å². The van der Waals surface area contributed by atoms with Crippen LogP contribution in [0.25, 0.3) is 0 Å². The van der Waals surface area contributed by atoms with Crippen molar-refractivity contribution in [2.75, 3.05) is 7.11 Å². The Kier molecular flexibility index (Phi) is 4.20. The molecule has 0 unspecified atom stereocenters. The summed E-state index contributed by atoms with van der Waals surface area (Å²) in [6.07, 6.45) is 0. The van der Waals surface area contributed by atoms with Crippen LogP contribution in [0.1, 0.15) is 10.4 Å². The third-order valence-corrected chi connectivity index (χ3v) is 2.78. The third-order valence-electron chi connectivity index (χ3n) is 2.49. The number of benzene rings is 2. The first-order valence-electron chi connectivity index (χ1n) is 5.52. The molecule has 0 saturated heterocycles. The van der Waals surface area contributed by atoms with Gasteiger partial charge in [-0.3, -0.25) is 0 Å². The summed E-state index contributed by atoms with van der Waals surface area (Å²) in [6, 6.07) is 7.74. The normalized spacial score (nSPS) is 10.2. The standard InChI is InChI=1S/C14H9ClF2O3/c1-19-14(18)8-4-2-3-5-12(8)20-13-6-9(15)10(16)7-11(13)17/h2-7H,1H3. The quantitative estimate of drug-likeness (QED) is 0.629. The first kappa shape index (κ1) is 14.3. The summed E-state index contributed by atoms with van der Waals surface area (Å²) in [7, 11) is 1.22. The predicted octanol–water partition coefficient (Wildman–Crippen LogP) is 4.20. The summed E-state index contributed by atoms with van der Waals surface area (Å²) in [5.41, 5.74) is 0.120. The fraction of sp³-hybridized carbons (Fsp3) is 0.0714. The van der Waals surface area contributed by atoms with Gasteiger partial charge in [0.05, 0.1) is 12.1 Å². The van der Waals surface area contributed by atoms with E-state index < -0.39 is 17.6 Å². The van der Waals surface area contributed by atoms with Gasteiger partial charge in [0.1, 0.15) is 17.1 Å². The molecule has 2 aromatic carbocycles. The fourth-order valence-corrected chi connectivity index (χ4v) is 1.69. The molecule has 0 aliphatic rings. The maximum atomic E-state index is 13.6. The molecule has 0 N–H and O–H groups in total. The van der Waals surface area contributed by atoms with Gasteiger partial charge in [-0.1, -0.05) is 23.7 Å². The van der Waals surface area contributed by atoms with Crippen molar-refractivity contribution < 1.29 is 23.0 Å². The second kappa shape index (κ2) is 5.88. The van der Waals surface area contributed by atoms with E-state index in [2.05, 4.69) is 4.74 Å². The van der Waals surface area contributed by atoms with Crippen molar-refractivity contribution in [3.63, 3.8) is 0 Å². The molecule has 0 atom stereocenters. The zero-order chi connectivity index (χ0) is 14.7. The summed E-state index contributed by atoms with van der Waals surface area (Å²) in [6.45, 7) is 0. The molecule has 0 bridgehead atoms. The zero-order valence-corrected chi connectivity index (χ0v) is 11.1. The van der Waals surface area contributed by atoms with Crippen LogP contribution in [-0.2, 0) is 4.74 Å². The monoisotopic (exact) mass is 298 g/mol. The van der Waals surface area contributed by atoms with Gasteiger partial charge in [-0.25, -0.2) is 13.6 Å². The zero-order valence-electron chi connectivity index (χ0n) is 10.3. The van der Waals surface area contributed by atoms with E-state index in [9.17, 15) is 13.6 Å². The number of esters is 1. The van der Waals surface area contributed by atoms with Gasteiger partial charge in [0.25, 0.3) is 0 Å². The Hall–Kier alpha value is -2.14. The number of halogens is 3. The molecule has 0 amide bonds. The van der Waals surface area contributed by atoms with Gasteiger partial charge in [-0.05, 0) is 12.1 Å². The maximum absolute atomic E-state index is 13.6. The summed E-state index contributed by atoms with van der Waals surface area (Å²) in [5.74, 6) is -2.65. The van der Waals surface area contributed by atoms with Crippen LogP contribution in [0.5, 0.6) is 11.5 Å². The molecular formula is C14H9ClF2O3. The van der Waals surface area contributed by atoms with Crippen molar-refractivity contribution in [3.8, 4) is 11.5 Å². The Morgan fingerprint density at radius 1 is 1.10 bits per heavy atom. The van der Waals surface area contributed by atoms with E-state index in [4.69, 9.17) is 16.3 Å². The van der Waals surface area contributed by atoms with Crippen molar-refractivity contribution >= 4 is 17.6 Å². The minimum absolute atomic E-state index is 0.0842. The van der Waals surface area contributed by atoms with E-state index >= 15 is 0 Å². The average molecular weight is 299 g/mol. The highest BCUT2D eigenvalue weighted by molar-refractivity contribution is 6.30. The number of ether oxygens (including phenoxy) is 2. The van der Waals surface area contributed by atoms with Crippen molar-refractivity contribution in [1.82, 2.24) is 0 Å². The number of methoxy groups -OCH3 is 1. The van der Waals surface area contributed by atoms with Crippen molar-refractivity contribution in [3.05, 3.63) is 58.6 Å². The lowest BCUT2D eigenvalue weighted by Crippen LogP contribution is -2.04. The molecule has 0 fully saturated rings. The summed E-state index contributed by atoms with van der Waals surface area (Å²) in [5, 5.41) is -0.281. The number of hydrogen-bond acceptors (Lipinski definition) is 3. The highest BCUT2D eigenvalue weighted by atomic mass is 35.5. The lowest BCUT2D eigenvalue weighted by Gasteiger charge is -2.10. The largest absolute Gasteiger partial charge is 0.465 e. The lowest BCUT2D eigenvalue weighted by molar-refractivity contribution is 0.0598. The molecule has 6 heteroatoms. The van der Waals surface area contributed by atoms with Crippen LogP contribution in [0.2, 0.25) is 5.02 Å². The summed E-state index contributed by atoms with van der Waals surface area (Å²) < 4.78 is 36.5. The van der Waals surface area contributed by atoms with Gasteiger partial charge in [0.2, 0.25) is 0 Å². The van der Waals surface area contributed by atoms with Crippen LogP contribution in [0.15, 0.2) is 36.4 Å². The van der Waals surface area contributed by atoms with Crippen molar-refractivity contribution in [1.29, 1.82) is 0 Å². The maximum Gasteiger partial charge on any atom is 0.341 e. The molecule has 0 aliphatic heterocycles. The Balaban J connectivity index is 2.40. The van der Waals surface area contributed by atoms with E-state index in [0.717, 1.165) is 6.07 Å². The molecule has 2 rings (SSSR count). The number of hydrogen-bond donors (Lipinski definition) is 0. The molecule has 0 radical (unpaired) electrons. The SMILES string of the molecule is COC(=O)c1ccccc1Oc1cc(Cl)c(F)cc1F. The third kappa shape index (κ3) is 2.88. The second-order valence-corrected chi connectivity index (χ2v) is 4.19. The minimum Gasteiger partial charge on any atom is -0.465 e. The van der Waals surface area contributed by atoms with E-state index in [1.54, 1.807) is 12.1 Å². The van der Waals surface area contributed by atoms with Gasteiger partial charge in [-0.2, -0.15) is 0 Å². The highest BCUT2D eigenvalue weighted by Crippen LogP contribution is 2.31. The average Bonchev–Trinajstić information content (AvgIpc) is 2.44. The molecule has 0 spiro atoms. The van der Waals surface area contributed by atoms with Gasteiger partial charge in [0, 0.05) is 12.1 Å². The molecule has 0 aliphatic carbocycles. The van der Waals surface area contributed by atoms with Crippen LogP contribution in [0.4, 0.5) is 8.78 Å². The Bertz CT molecular complexity index is 659. The number of rotatable bonds is 3. The molecule has 0 heterocycles. The predicted molar refractivity (Wildman–Crippen MR) is 69.2 cm³/mol. The van der Waals surface area contributed by atoms with E-state index in [0.29, 0.717) is 6.07 Å². The Morgan fingerprint density at radius 2 is 1.80 bits per heavy atom. The molecular weight excluding hydrogens is 290 g/mol. The summed E-state index contributed by atoms with van der Waals surface area (Å²) in [4.78, 5) is 11.5. The number of carbonyl (C=O) groups is 1. The highest BCUT2D eigenvalue weighted by Gasteiger charge is 2.16. The number of carbonyl (C=O) groups excluding carboxylic acids is 1. The minimum atomic E-state index is -0.924. The van der Waals surface area contributed by atoms with Gasteiger partial charge >= 0.3 is 5.97 Å². The van der Waals surface area contributed by atoms with Crippen LogP contribution < -0.4 is 4.74 Å². The van der Waals surface area contributed by atoms with Crippen LogP contribution in [-0.4, -0.2) is 13.1 Å². The van der Waals surface area contributed by atoms with Crippen LogP contribution in [0, 0.1) is 11.6 Å². The molecule has 0 aromatic heterocycles. The van der Waals surface area contributed by atoms with Crippen molar-refractivity contribution in [2.24, 2.45) is 0 Å². The molecule has 0 saturated carbocycles. The molecule has 104 valence electrons.